The molecule has 8 heteroatoms. The summed E-state index contributed by atoms with van der Waals surface area (Å²) in [5.74, 6) is -1.40. The predicted octanol–water partition coefficient (Wildman–Crippen LogP) is 0.858. The first kappa shape index (κ1) is 15.6. The molecular weight excluding hydrogens is 296 g/mol. The third kappa shape index (κ3) is 2.55. The number of carbonyl (C=O) groups excluding carboxylic acids is 1. The van der Waals surface area contributed by atoms with Gasteiger partial charge in [-0.05, 0) is 31.9 Å². The summed E-state index contributed by atoms with van der Waals surface area (Å²) in [6.45, 7) is 3.51. The second-order valence-electron chi connectivity index (χ2n) is 5.64. The molecule has 0 saturated carbocycles. The summed E-state index contributed by atoms with van der Waals surface area (Å²) in [5, 5.41) is 9.19. The van der Waals surface area contributed by atoms with E-state index in [1.54, 1.807) is 6.20 Å². The molecule has 0 unspecified atom stereocenters. The molecule has 0 aliphatic carbocycles. The van der Waals surface area contributed by atoms with Crippen LogP contribution in [0.25, 0.3) is 0 Å². The topological polar surface area (TPSA) is 96.7 Å². The molecule has 21 heavy (non-hydrogen) atoms. The van der Waals surface area contributed by atoms with Crippen molar-refractivity contribution in [2.24, 2.45) is 0 Å². The van der Waals surface area contributed by atoms with Gasteiger partial charge in [-0.1, -0.05) is 0 Å². The van der Waals surface area contributed by atoms with Crippen molar-refractivity contribution >= 4 is 21.8 Å². The lowest BCUT2D eigenvalue weighted by molar-refractivity contribution is -0.139. The number of aromatic nitrogens is 1. The van der Waals surface area contributed by atoms with E-state index in [2.05, 4.69) is 0 Å². The molecule has 1 aliphatic rings. The molecule has 0 spiro atoms. The molecule has 0 bridgehead atoms. The number of rotatable bonds is 5. The average molecular weight is 314 g/mol. The fourth-order valence-corrected chi connectivity index (χ4v) is 3.12. The lowest BCUT2D eigenvalue weighted by atomic mass is 10.1. The standard InChI is InChI=1S/C13H18N2O5S/c1-9-6-10-8-14(12(18)15(10)7-9)5-4-13(2,11(16)17)21(3,19)20/h6-7H,4-5,8H2,1-3H3,(H,16,17)/t13-/m1/s1. The van der Waals surface area contributed by atoms with Crippen LogP contribution < -0.4 is 0 Å². The van der Waals surface area contributed by atoms with E-state index in [0.717, 1.165) is 17.5 Å². The van der Waals surface area contributed by atoms with Gasteiger partial charge < -0.3 is 10.0 Å². The van der Waals surface area contributed by atoms with Gasteiger partial charge in [-0.2, -0.15) is 0 Å². The largest absolute Gasteiger partial charge is 0.480 e. The van der Waals surface area contributed by atoms with Crippen LogP contribution in [0.2, 0.25) is 0 Å². The van der Waals surface area contributed by atoms with Gasteiger partial charge in [0.15, 0.2) is 14.6 Å². The van der Waals surface area contributed by atoms with Crippen LogP contribution in [0.15, 0.2) is 12.3 Å². The molecule has 1 atom stereocenters. The Morgan fingerprint density at radius 2 is 2.10 bits per heavy atom. The first-order chi connectivity index (χ1) is 9.56. The smallest absolute Gasteiger partial charge is 0.328 e. The number of nitrogens with zero attached hydrogens (tertiary/aromatic N) is 2. The summed E-state index contributed by atoms with van der Waals surface area (Å²) in [5.41, 5.74) is 1.80. The quantitative estimate of drug-likeness (QED) is 0.869. The number of aliphatic carboxylic acids is 1. The maximum absolute atomic E-state index is 12.1. The van der Waals surface area contributed by atoms with Gasteiger partial charge in [0.1, 0.15) is 0 Å². The van der Waals surface area contributed by atoms with Gasteiger partial charge in [-0.15, -0.1) is 0 Å². The number of amides is 1. The van der Waals surface area contributed by atoms with E-state index < -0.39 is 20.6 Å². The Bertz CT molecular complexity index is 706. The normalized spacial score (nSPS) is 17.7. The van der Waals surface area contributed by atoms with Gasteiger partial charge in [-0.25, -0.2) is 13.2 Å². The Morgan fingerprint density at radius 3 is 2.57 bits per heavy atom. The minimum atomic E-state index is -3.78. The maximum Gasteiger partial charge on any atom is 0.328 e. The zero-order valence-corrected chi connectivity index (χ0v) is 13.0. The summed E-state index contributed by atoms with van der Waals surface area (Å²) >= 11 is 0. The monoisotopic (exact) mass is 314 g/mol. The molecule has 1 amide bonds. The minimum absolute atomic E-state index is 0.0788. The molecular formula is C13H18N2O5S. The molecule has 0 aromatic carbocycles. The number of carboxylic acid groups (broad SMARTS) is 1. The fourth-order valence-electron chi connectivity index (χ4n) is 2.35. The third-order valence-corrected chi connectivity index (χ3v) is 6.01. The summed E-state index contributed by atoms with van der Waals surface area (Å²) < 4.78 is 23.0. The van der Waals surface area contributed by atoms with E-state index in [1.807, 2.05) is 13.0 Å². The van der Waals surface area contributed by atoms with Crippen LogP contribution in [-0.4, -0.2) is 52.5 Å². The molecule has 1 aromatic heterocycles. The van der Waals surface area contributed by atoms with Crippen molar-refractivity contribution < 1.29 is 23.1 Å². The lowest BCUT2D eigenvalue weighted by Crippen LogP contribution is -2.45. The average Bonchev–Trinajstić information content (AvgIpc) is 2.83. The molecule has 2 rings (SSSR count). The minimum Gasteiger partial charge on any atom is -0.480 e. The van der Waals surface area contributed by atoms with E-state index >= 15 is 0 Å². The highest BCUT2D eigenvalue weighted by Gasteiger charge is 2.44. The number of carbonyl (C=O) groups is 2. The summed E-state index contributed by atoms with van der Waals surface area (Å²) in [7, 11) is -3.78. The number of aryl methyl sites for hydroxylation is 1. The van der Waals surface area contributed by atoms with E-state index in [1.165, 1.54) is 16.4 Å². The van der Waals surface area contributed by atoms with Gasteiger partial charge in [0.2, 0.25) is 0 Å². The van der Waals surface area contributed by atoms with Crippen molar-refractivity contribution in [3.05, 3.63) is 23.5 Å². The maximum atomic E-state index is 12.1. The summed E-state index contributed by atoms with van der Waals surface area (Å²) in [6.07, 6.45) is 2.47. The van der Waals surface area contributed by atoms with Crippen LogP contribution in [-0.2, 0) is 21.2 Å². The number of hydrogen-bond acceptors (Lipinski definition) is 4. The van der Waals surface area contributed by atoms with Crippen LogP contribution >= 0.6 is 0 Å². The Morgan fingerprint density at radius 1 is 1.48 bits per heavy atom. The SMILES string of the molecule is Cc1cc2n(c1)C(=O)N(CC[C@](C)(C(=O)O)S(C)(=O)=O)C2. The number of fused-ring (bicyclic) bond motifs is 1. The predicted molar refractivity (Wildman–Crippen MR) is 75.9 cm³/mol. The lowest BCUT2D eigenvalue weighted by Gasteiger charge is -2.25. The molecule has 2 heterocycles. The molecule has 116 valence electrons. The molecule has 0 saturated heterocycles. The summed E-state index contributed by atoms with van der Waals surface area (Å²) in [6, 6.07) is 1.63. The molecule has 1 aliphatic heterocycles. The van der Waals surface area contributed by atoms with E-state index in [-0.39, 0.29) is 19.0 Å². The van der Waals surface area contributed by atoms with Gasteiger partial charge in [-0.3, -0.25) is 9.36 Å². The van der Waals surface area contributed by atoms with Crippen LogP contribution in [0, 0.1) is 6.92 Å². The van der Waals surface area contributed by atoms with Crippen LogP contribution in [0.4, 0.5) is 4.79 Å². The first-order valence-corrected chi connectivity index (χ1v) is 8.35. The zero-order valence-electron chi connectivity index (χ0n) is 12.2. The van der Waals surface area contributed by atoms with Crippen molar-refractivity contribution in [1.29, 1.82) is 0 Å². The Hall–Kier alpha value is -1.83. The van der Waals surface area contributed by atoms with E-state index in [9.17, 15) is 23.1 Å². The highest BCUT2D eigenvalue weighted by molar-refractivity contribution is 7.92. The fraction of sp³-hybridized carbons (Fsp3) is 0.538. The zero-order chi connectivity index (χ0) is 16.0. The number of hydrogen-bond donors (Lipinski definition) is 1. The summed E-state index contributed by atoms with van der Waals surface area (Å²) in [4.78, 5) is 24.9. The molecule has 0 radical (unpaired) electrons. The van der Waals surface area contributed by atoms with Gasteiger partial charge in [0.05, 0.1) is 6.54 Å². The van der Waals surface area contributed by atoms with Gasteiger partial charge in [0, 0.05) is 24.7 Å². The number of carboxylic acids is 1. The Balaban J connectivity index is 2.13. The molecule has 1 aromatic rings. The van der Waals surface area contributed by atoms with Crippen molar-refractivity contribution in [3.8, 4) is 0 Å². The van der Waals surface area contributed by atoms with E-state index in [4.69, 9.17) is 0 Å². The van der Waals surface area contributed by atoms with Gasteiger partial charge in [0.25, 0.3) is 0 Å². The Labute approximate surface area is 123 Å². The Kier molecular flexibility index (Phi) is 3.61. The van der Waals surface area contributed by atoms with Crippen LogP contribution in [0.5, 0.6) is 0 Å². The van der Waals surface area contributed by atoms with Crippen molar-refractivity contribution in [2.45, 2.75) is 31.6 Å². The second-order valence-corrected chi connectivity index (χ2v) is 8.09. The third-order valence-electron chi connectivity index (χ3n) is 4.00. The van der Waals surface area contributed by atoms with Crippen molar-refractivity contribution in [1.82, 2.24) is 9.47 Å². The van der Waals surface area contributed by atoms with Crippen LogP contribution in [0.1, 0.15) is 24.6 Å². The molecule has 7 nitrogen and oxygen atoms in total. The molecule has 1 N–H and O–H groups in total. The van der Waals surface area contributed by atoms with Crippen molar-refractivity contribution in [3.63, 3.8) is 0 Å². The first-order valence-electron chi connectivity index (χ1n) is 6.46. The van der Waals surface area contributed by atoms with Gasteiger partial charge >= 0.3 is 12.0 Å². The van der Waals surface area contributed by atoms with E-state index in [0.29, 0.717) is 6.54 Å². The second kappa shape index (κ2) is 4.87. The number of sulfone groups is 1. The van der Waals surface area contributed by atoms with Crippen LogP contribution in [0.3, 0.4) is 0 Å². The highest BCUT2D eigenvalue weighted by Crippen LogP contribution is 2.25. The highest BCUT2D eigenvalue weighted by atomic mass is 32.2. The van der Waals surface area contributed by atoms with Crippen molar-refractivity contribution in [2.75, 3.05) is 12.8 Å². The molecule has 0 fully saturated rings.